The second-order valence-electron chi connectivity index (χ2n) is 8.51. The lowest BCUT2D eigenvalue weighted by Gasteiger charge is -2.33. The van der Waals surface area contributed by atoms with E-state index in [1.807, 2.05) is 11.0 Å². The highest BCUT2D eigenvalue weighted by atomic mass is 19.1. The summed E-state index contributed by atoms with van der Waals surface area (Å²) in [7, 11) is 0. The molecule has 0 radical (unpaired) electrons. The molecule has 1 heterocycles. The van der Waals surface area contributed by atoms with Gasteiger partial charge in [0.15, 0.2) is 0 Å². The number of nitriles is 1. The summed E-state index contributed by atoms with van der Waals surface area (Å²) in [4.78, 5) is 27.9. The van der Waals surface area contributed by atoms with Crippen molar-refractivity contribution >= 4 is 11.8 Å². The Morgan fingerprint density at radius 1 is 1.18 bits per heavy atom. The molecule has 3 atom stereocenters. The number of nitrogens with one attached hydrogen (secondary N) is 1. The molecule has 0 bridgehead atoms. The van der Waals surface area contributed by atoms with E-state index >= 15 is 0 Å². The Hall–Kier alpha value is -2.42. The average molecular weight is 383 g/mol. The van der Waals surface area contributed by atoms with E-state index in [9.17, 15) is 19.2 Å². The van der Waals surface area contributed by atoms with Crippen LogP contribution in [-0.4, -0.2) is 35.3 Å². The van der Waals surface area contributed by atoms with E-state index < -0.39 is 5.54 Å². The van der Waals surface area contributed by atoms with Gasteiger partial charge in [-0.3, -0.25) is 9.59 Å². The van der Waals surface area contributed by atoms with Crippen LogP contribution in [0.15, 0.2) is 24.3 Å². The fourth-order valence-electron chi connectivity index (χ4n) is 4.69. The lowest BCUT2D eigenvalue weighted by Crippen LogP contribution is -2.47. The third kappa shape index (κ3) is 3.76. The van der Waals surface area contributed by atoms with Crippen LogP contribution in [0.1, 0.15) is 56.4 Å². The molecule has 1 unspecified atom stereocenters. The summed E-state index contributed by atoms with van der Waals surface area (Å²) in [6.07, 6.45) is 5.51. The smallest absolute Gasteiger partial charge is 0.226 e. The molecule has 148 valence electrons. The van der Waals surface area contributed by atoms with Crippen LogP contribution in [0.3, 0.4) is 0 Å². The topological polar surface area (TPSA) is 73.2 Å². The largest absolute Gasteiger partial charge is 0.342 e. The summed E-state index contributed by atoms with van der Waals surface area (Å²) in [6.45, 7) is 1.22. The summed E-state index contributed by atoms with van der Waals surface area (Å²) in [6, 6.07) is 8.79. The zero-order chi connectivity index (χ0) is 19.7. The van der Waals surface area contributed by atoms with Gasteiger partial charge in [-0.2, -0.15) is 5.26 Å². The number of hydrogen-bond donors (Lipinski definition) is 1. The number of carbonyl (C=O) groups is 2. The van der Waals surface area contributed by atoms with Crippen LogP contribution in [0, 0.1) is 29.0 Å². The highest BCUT2D eigenvalue weighted by molar-refractivity contribution is 5.89. The summed E-state index contributed by atoms with van der Waals surface area (Å²) in [5.74, 6) is -0.866. The molecular formula is C22H26FN3O2. The van der Waals surface area contributed by atoms with Crippen LogP contribution in [-0.2, 0) is 9.59 Å². The van der Waals surface area contributed by atoms with Crippen molar-refractivity contribution < 1.29 is 14.0 Å². The second kappa shape index (κ2) is 7.54. The van der Waals surface area contributed by atoms with Crippen LogP contribution >= 0.6 is 0 Å². The van der Waals surface area contributed by atoms with Crippen LogP contribution in [0.25, 0.3) is 0 Å². The van der Waals surface area contributed by atoms with Gasteiger partial charge in [0.1, 0.15) is 11.4 Å². The average Bonchev–Trinajstić information content (AvgIpc) is 3.31. The van der Waals surface area contributed by atoms with E-state index in [1.165, 1.54) is 6.07 Å². The molecular weight excluding hydrogens is 357 g/mol. The SMILES string of the molecule is N#CC1(NC(=O)[C@@H]2CCCC[C@H]2C(=O)N2CCC(c3cccc(F)c3)C2)CC1. The predicted octanol–water partition coefficient (Wildman–Crippen LogP) is 3.12. The van der Waals surface area contributed by atoms with Crippen molar-refractivity contribution in [1.29, 1.82) is 5.26 Å². The quantitative estimate of drug-likeness (QED) is 0.868. The summed E-state index contributed by atoms with van der Waals surface area (Å²) >= 11 is 0. The number of likely N-dealkylation sites (tertiary alicyclic amines) is 1. The zero-order valence-electron chi connectivity index (χ0n) is 16.0. The number of rotatable bonds is 4. The van der Waals surface area contributed by atoms with Gasteiger partial charge in [0.25, 0.3) is 0 Å². The second-order valence-corrected chi connectivity index (χ2v) is 8.51. The van der Waals surface area contributed by atoms with E-state index in [4.69, 9.17) is 0 Å². The molecule has 0 aromatic heterocycles. The standard InChI is InChI=1S/C22H26FN3O2/c23-17-5-3-4-15(12-17)16-8-11-26(13-16)21(28)19-7-2-1-6-18(19)20(27)25-22(14-24)9-10-22/h3-5,12,16,18-19H,1-2,6-11,13H2,(H,25,27)/t16?,18-,19-/m1/s1. The van der Waals surface area contributed by atoms with Crippen LogP contribution in [0.5, 0.6) is 0 Å². The molecule has 5 nitrogen and oxygen atoms in total. The van der Waals surface area contributed by atoms with E-state index in [1.54, 1.807) is 12.1 Å². The van der Waals surface area contributed by atoms with Crippen LogP contribution in [0.4, 0.5) is 4.39 Å². The molecule has 28 heavy (non-hydrogen) atoms. The van der Waals surface area contributed by atoms with Gasteiger partial charge < -0.3 is 10.2 Å². The fraction of sp³-hybridized carbons (Fsp3) is 0.591. The van der Waals surface area contributed by atoms with Gasteiger partial charge in [-0.05, 0) is 49.8 Å². The van der Waals surface area contributed by atoms with Crippen LogP contribution in [0.2, 0.25) is 0 Å². The third-order valence-corrected chi connectivity index (χ3v) is 6.57. The van der Waals surface area contributed by atoms with Crippen molar-refractivity contribution in [1.82, 2.24) is 10.2 Å². The zero-order valence-corrected chi connectivity index (χ0v) is 16.0. The molecule has 2 saturated carbocycles. The Balaban J connectivity index is 1.42. The van der Waals surface area contributed by atoms with E-state index in [-0.39, 0.29) is 35.4 Å². The molecule has 1 aromatic carbocycles. The maximum absolute atomic E-state index is 13.5. The Kier molecular flexibility index (Phi) is 5.09. The Labute approximate surface area is 164 Å². The number of carbonyl (C=O) groups excluding carboxylic acids is 2. The van der Waals surface area contributed by atoms with Crippen molar-refractivity contribution in [2.45, 2.75) is 56.4 Å². The van der Waals surface area contributed by atoms with Gasteiger partial charge in [0.2, 0.25) is 11.8 Å². The first-order valence-corrected chi connectivity index (χ1v) is 10.3. The molecule has 4 rings (SSSR count). The first-order valence-electron chi connectivity index (χ1n) is 10.3. The predicted molar refractivity (Wildman–Crippen MR) is 102 cm³/mol. The van der Waals surface area contributed by atoms with Gasteiger partial charge in [-0.1, -0.05) is 25.0 Å². The fourth-order valence-corrected chi connectivity index (χ4v) is 4.69. The first kappa shape index (κ1) is 18.9. The maximum Gasteiger partial charge on any atom is 0.226 e. The maximum atomic E-state index is 13.5. The van der Waals surface area contributed by atoms with E-state index in [0.29, 0.717) is 32.4 Å². The Bertz CT molecular complexity index is 814. The molecule has 1 aliphatic heterocycles. The van der Waals surface area contributed by atoms with Crippen molar-refractivity contribution in [3.63, 3.8) is 0 Å². The van der Waals surface area contributed by atoms with Gasteiger partial charge in [0.05, 0.1) is 6.07 Å². The molecule has 2 aliphatic carbocycles. The Morgan fingerprint density at radius 3 is 2.61 bits per heavy atom. The normalized spacial score (nSPS) is 28.4. The third-order valence-electron chi connectivity index (χ3n) is 6.57. The monoisotopic (exact) mass is 383 g/mol. The Morgan fingerprint density at radius 2 is 1.93 bits per heavy atom. The number of halogens is 1. The van der Waals surface area contributed by atoms with Gasteiger partial charge in [-0.25, -0.2) is 4.39 Å². The summed E-state index contributed by atoms with van der Waals surface area (Å²) in [5, 5.41) is 12.1. The highest BCUT2D eigenvalue weighted by Crippen LogP contribution is 2.38. The first-order chi connectivity index (χ1) is 13.5. The molecule has 0 spiro atoms. The molecule has 2 amide bonds. The van der Waals surface area contributed by atoms with Crippen LogP contribution < -0.4 is 5.32 Å². The lowest BCUT2D eigenvalue weighted by atomic mass is 9.77. The van der Waals surface area contributed by atoms with Gasteiger partial charge in [0, 0.05) is 30.8 Å². The lowest BCUT2D eigenvalue weighted by molar-refractivity contribution is -0.143. The van der Waals surface area contributed by atoms with Crippen molar-refractivity contribution in [2.75, 3.05) is 13.1 Å². The molecule has 3 aliphatic rings. The summed E-state index contributed by atoms with van der Waals surface area (Å²) in [5.41, 5.74) is 0.232. The number of hydrogen-bond acceptors (Lipinski definition) is 3. The summed E-state index contributed by atoms with van der Waals surface area (Å²) < 4.78 is 13.5. The minimum atomic E-state index is -0.696. The molecule has 6 heteroatoms. The molecule has 1 aromatic rings. The molecule has 3 fully saturated rings. The van der Waals surface area contributed by atoms with Crippen molar-refractivity contribution in [2.24, 2.45) is 11.8 Å². The number of benzene rings is 1. The number of nitrogens with zero attached hydrogens (tertiary/aromatic N) is 2. The van der Waals surface area contributed by atoms with E-state index in [0.717, 1.165) is 31.2 Å². The minimum absolute atomic E-state index is 0.0422. The molecule has 1 N–H and O–H groups in total. The highest BCUT2D eigenvalue weighted by Gasteiger charge is 2.47. The van der Waals surface area contributed by atoms with Gasteiger partial charge in [-0.15, -0.1) is 0 Å². The van der Waals surface area contributed by atoms with E-state index in [2.05, 4.69) is 11.4 Å². The number of amides is 2. The van der Waals surface area contributed by atoms with Crippen molar-refractivity contribution in [3.05, 3.63) is 35.6 Å². The molecule has 1 saturated heterocycles. The minimum Gasteiger partial charge on any atom is -0.342 e. The van der Waals surface area contributed by atoms with Crippen molar-refractivity contribution in [3.8, 4) is 6.07 Å². The van der Waals surface area contributed by atoms with Gasteiger partial charge >= 0.3 is 0 Å².